The molecule has 0 fully saturated rings. The van der Waals surface area contributed by atoms with Crippen LogP contribution in [0.5, 0.6) is 0 Å². The second-order valence-corrected chi connectivity index (χ2v) is 6.67. The zero-order valence-corrected chi connectivity index (χ0v) is 12.9. The number of hydrogen-bond acceptors (Lipinski definition) is 3. The predicted molar refractivity (Wildman–Crippen MR) is 75.0 cm³/mol. The molecule has 1 aliphatic rings. The van der Waals surface area contributed by atoms with E-state index in [1.54, 1.807) is 45.9 Å². The SMILES string of the molecule is CC(C)(O)C(C)(C)N1C(=O)c2ccc(Br)cc2C1=O. The van der Waals surface area contributed by atoms with Crippen LogP contribution in [0.15, 0.2) is 22.7 Å². The van der Waals surface area contributed by atoms with Crippen molar-refractivity contribution >= 4 is 27.7 Å². The number of halogens is 1. The lowest BCUT2D eigenvalue weighted by Gasteiger charge is -2.43. The van der Waals surface area contributed by atoms with Gasteiger partial charge in [0.05, 0.1) is 22.3 Å². The van der Waals surface area contributed by atoms with E-state index in [9.17, 15) is 14.7 Å². The lowest BCUT2D eigenvalue weighted by molar-refractivity contribution is -0.0486. The Morgan fingerprint density at radius 3 is 2.11 bits per heavy atom. The van der Waals surface area contributed by atoms with Crippen molar-refractivity contribution < 1.29 is 14.7 Å². The van der Waals surface area contributed by atoms with Gasteiger partial charge in [0.15, 0.2) is 0 Å². The summed E-state index contributed by atoms with van der Waals surface area (Å²) in [6.07, 6.45) is 0. The molecular formula is C14H16BrNO3. The van der Waals surface area contributed by atoms with Crippen molar-refractivity contribution in [1.82, 2.24) is 4.90 Å². The summed E-state index contributed by atoms with van der Waals surface area (Å²) in [6, 6.07) is 4.99. The Labute approximate surface area is 120 Å². The molecule has 4 nitrogen and oxygen atoms in total. The molecular weight excluding hydrogens is 310 g/mol. The minimum Gasteiger partial charge on any atom is -0.388 e. The first-order valence-corrected chi connectivity index (χ1v) is 6.77. The summed E-state index contributed by atoms with van der Waals surface area (Å²) in [5.74, 6) is -0.729. The van der Waals surface area contributed by atoms with E-state index in [2.05, 4.69) is 15.9 Å². The number of nitrogens with zero attached hydrogens (tertiary/aromatic N) is 1. The Kier molecular flexibility index (Phi) is 3.10. The molecule has 102 valence electrons. The van der Waals surface area contributed by atoms with Crippen molar-refractivity contribution in [3.05, 3.63) is 33.8 Å². The summed E-state index contributed by atoms with van der Waals surface area (Å²) in [5, 5.41) is 10.2. The average molecular weight is 326 g/mol. The van der Waals surface area contributed by atoms with E-state index in [0.717, 1.165) is 9.37 Å². The number of amides is 2. The third-order valence-electron chi connectivity index (χ3n) is 3.90. The van der Waals surface area contributed by atoms with E-state index in [-0.39, 0.29) is 11.8 Å². The standard InChI is InChI=1S/C14H16BrNO3/c1-13(2,14(3,4)19)16-11(17)9-6-5-8(15)7-10(9)12(16)18/h5-7,19H,1-4H3. The van der Waals surface area contributed by atoms with Crippen molar-refractivity contribution in [2.45, 2.75) is 38.8 Å². The van der Waals surface area contributed by atoms with Crippen molar-refractivity contribution in [3.8, 4) is 0 Å². The average Bonchev–Trinajstić information content (AvgIpc) is 2.50. The quantitative estimate of drug-likeness (QED) is 0.850. The van der Waals surface area contributed by atoms with Crippen LogP contribution < -0.4 is 0 Å². The molecule has 0 saturated heterocycles. The van der Waals surface area contributed by atoms with Gasteiger partial charge >= 0.3 is 0 Å². The van der Waals surface area contributed by atoms with Crippen LogP contribution in [-0.4, -0.2) is 33.0 Å². The smallest absolute Gasteiger partial charge is 0.262 e. The summed E-state index contributed by atoms with van der Waals surface area (Å²) in [7, 11) is 0. The fourth-order valence-electron chi connectivity index (χ4n) is 1.99. The fourth-order valence-corrected chi connectivity index (χ4v) is 2.36. The van der Waals surface area contributed by atoms with Crippen LogP contribution in [-0.2, 0) is 0 Å². The Hall–Kier alpha value is -1.20. The van der Waals surface area contributed by atoms with E-state index in [4.69, 9.17) is 0 Å². The molecule has 1 N–H and O–H groups in total. The van der Waals surface area contributed by atoms with E-state index < -0.39 is 11.1 Å². The maximum absolute atomic E-state index is 12.4. The van der Waals surface area contributed by atoms with E-state index >= 15 is 0 Å². The second-order valence-electron chi connectivity index (χ2n) is 5.75. The lowest BCUT2D eigenvalue weighted by atomic mass is 9.84. The molecule has 0 bridgehead atoms. The highest BCUT2D eigenvalue weighted by Crippen LogP contribution is 2.36. The number of hydrogen-bond donors (Lipinski definition) is 1. The largest absolute Gasteiger partial charge is 0.388 e. The lowest BCUT2D eigenvalue weighted by Crippen LogP contribution is -2.59. The number of imide groups is 1. The number of rotatable bonds is 2. The highest BCUT2D eigenvalue weighted by Gasteiger charge is 2.50. The maximum atomic E-state index is 12.4. The first-order chi connectivity index (χ1) is 8.57. The number of fused-ring (bicyclic) bond motifs is 1. The maximum Gasteiger partial charge on any atom is 0.262 e. The van der Waals surface area contributed by atoms with Gasteiger partial charge in [0.25, 0.3) is 11.8 Å². The van der Waals surface area contributed by atoms with Crippen molar-refractivity contribution in [2.24, 2.45) is 0 Å². The van der Waals surface area contributed by atoms with Crippen molar-refractivity contribution in [3.63, 3.8) is 0 Å². The Morgan fingerprint density at radius 1 is 1.05 bits per heavy atom. The number of carbonyl (C=O) groups is 2. The third kappa shape index (κ3) is 2.01. The van der Waals surface area contributed by atoms with Gasteiger partial charge in [-0.15, -0.1) is 0 Å². The highest BCUT2D eigenvalue weighted by atomic mass is 79.9. The van der Waals surface area contributed by atoms with Crippen LogP contribution >= 0.6 is 15.9 Å². The zero-order valence-electron chi connectivity index (χ0n) is 11.3. The van der Waals surface area contributed by atoms with Crippen LogP contribution in [0.4, 0.5) is 0 Å². The number of benzene rings is 1. The molecule has 0 radical (unpaired) electrons. The minimum absolute atomic E-state index is 0.361. The van der Waals surface area contributed by atoms with Crippen LogP contribution in [0.25, 0.3) is 0 Å². The molecule has 0 atom stereocenters. The van der Waals surface area contributed by atoms with Gasteiger partial charge < -0.3 is 5.11 Å². The molecule has 1 aromatic rings. The van der Waals surface area contributed by atoms with Gasteiger partial charge in [0.2, 0.25) is 0 Å². The first kappa shape index (κ1) is 14.2. The van der Waals surface area contributed by atoms with Gasteiger partial charge in [-0.1, -0.05) is 15.9 Å². The summed E-state index contributed by atoms with van der Waals surface area (Å²) < 4.78 is 0.746. The van der Waals surface area contributed by atoms with Crippen LogP contribution in [0, 0.1) is 0 Å². The molecule has 0 unspecified atom stereocenters. The summed E-state index contributed by atoms with van der Waals surface area (Å²) in [5.41, 5.74) is -1.44. The van der Waals surface area contributed by atoms with E-state index in [0.29, 0.717) is 11.1 Å². The molecule has 1 heterocycles. The number of carbonyl (C=O) groups excluding carboxylic acids is 2. The minimum atomic E-state index is -1.20. The van der Waals surface area contributed by atoms with Crippen LogP contribution in [0.3, 0.4) is 0 Å². The van der Waals surface area contributed by atoms with Crippen molar-refractivity contribution in [2.75, 3.05) is 0 Å². The molecule has 0 aliphatic carbocycles. The fraction of sp³-hybridized carbons (Fsp3) is 0.429. The number of aliphatic hydroxyl groups is 1. The molecule has 1 aliphatic heterocycles. The van der Waals surface area contributed by atoms with Gasteiger partial charge in [0, 0.05) is 4.47 Å². The molecule has 0 aromatic heterocycles. The molecule has 2 rings (SSSR count). The second kappa shape index (κ2) is 4.15. The molecule has 0 saturated carbocycles. The Bertz CT molecular complexity index is 573. The Balaban J connectivity index is 2.55. The van der Waals surface area contributed by atoms with Gasteiger partial charge in [-0.05, 0) is 45.9 Å². The predicted octanol–water partition coefficient (Wildman–Crippen LogP) is 2.59. The third-order valence-corrected chi connectivity index (χ3v) is 4.40. The summed E-state index contributed by atoms with van der Waals surface area (Å²) in [6.45, 7) is 6.55. The van der Waals surface area contributed by atoms with Gasteiger partial charge in [-0.2, -0.15) is 0 Å². The first-order valence-electron chi connectivity index (χ1n) is 5.98. The van der Waals surface area contributed by atoms with Gasteiger partial charge in [-0.3, -0.25) is 14.5 Å². The van der Waals surface area contributed by atoms with Crippen LogP contribution in [0.2, 0.25) is 0 Å². The summed E-state index contributed by atoms with van der Waals surface area (Å²) in [4.78, 5) is 26.0. The Morgan fingerprint density at radius 2 is 1.58 bits per heavy atom. The van der Waals surface area contributed by atoms with Gasteiger partial charge in [0.1, 0.15) is 0 Å². The molecule has 0 spiro atoms. The topological polar surface area (TPSA) is 57.6 Å². The van der Waals surface area contributed by atoms with Crippen LogP contribution in [0.1, 0.15) is 48.4 Å². The van der Waals surface area contributed by atoms with E-state index in [1.165, 1.54) is 0 Å². The molecule has 5 heteroatoms. The monoisotopic (exact) mass is 325 g/mol. The van der Waals surface area contributed by atoms with Gasteiger partial charge in [-0.25, -0.2) is 0 Å². The molecule has 2 amide bonds. The van der Waals surface area contributed by atoms with E-state index in [1.807, 2.05) is 0 Å². The normalized spacial score (nSPS) is 16.0. The summed E-state index contributed by atoms with van der Waals surface area (Å²) >= 11 is 3.29. The van der Waals surface area contributed by atoms with Crippen molar-refractivity contribution in [1.29, 1.82) is 0 Å². The highest BCUT2D eigenvalue weighted by molar-refractivity contribution is 9.10. The molecule has 1 aromatic carbocycles. The zero-order chi connectivity index (χ0) is 14.6. The molecule has 19 heavy (non-hydrogen) atoms.